The molecule has 3 N–H and O–H groups in total. The third-order valence-electron chi connectivity index (χ3n) is 3.70. The van der Waals surface area contributed by atoms with Gasteiger partial charge in [-0.2, -0.15) is 0 Å². The quantitative estimate of drug-likeness (QED) is 0.672. The summed E-state index contributed by atoms with van der Waals surface area (Å²) in [5, 5.41) is 30.2. The van der Waals surface area contributed by atoms with Gasteiger partial charge in [0.1, 0.15) is 11.1 Å². The van der Waals surface area contributed by atoms with Crippen molar-refractivity contribution in [2.45, 2.75) is 6.92 Å². The van der Waals surface area contributed by atoms with Gasteiger partial charge in [0, 0.05) is 11.1 Å². The molecule has 0 aliphatic carbocycles. The maximum atomic E-state index is 12.5. The van der Waals surface area contributed by atoms with Gasteiger partial charge < -0.3 is 24.5 Å². The fourth-order valence-corrected chi connectivity index (χ4v) is 2.45. The molecule has 0 atom stereocenters. The number of ether oxygens (including phenoxy) is 1. The minimum atomic E-state index is -0.802. The maximum Gasteiger partial charge on any atom is 0.238 e. The number of phenols is 2. The van der Waals surface area contributed by atoms with Gasteiger partial charge in [0.2, 0.25) is 16.9 Å². The topological polar surface area (TPSA) is 100 Å². The zero-order valence-electron chi connectivity index (χ0n) is 12.5. The molecule has 0 aliphatic heterocycles. The number of hydrogen-bond acceptors (Lipinski definition) is 6. The van der Waals surface area contributed by atoms with Gasteiger partial charge in [0.15, 0.2) is 17.1 Å². The van der Waals surface area contributed by atoms with Crippen LogP contribution in [-0.2, 0) is 0 Å². The van der Waals surface area contributed by atoms with Crippen molar-refractivity contribution in [3.63, 3.8) is 0 Å². The van der Waals surface area contributed by atoms with Crippen LogP contribution in [0.5, 0.6) is 23.0 Å². The van der Waals surface area contributed by atoms with Gasteiger partial charge in [0.05, 0.1) is 7.11 Å². The summed E-state index contributed by atoms with van der Waals surface area (Å²) in [6.07, 6.45) is 0. The molecule has 1 heterocycles. The molecule has 1 aromatic heterocycles. The summed E-state index contributed by atoms with van der Waals surface area (Å²) in [5.41, 5.74) is -0.391. The molecule has 0 radical (unpaired) electrons. The Hall–Kier alpha value is -3.15. The summed E-state index contributed by atoms with van der Waals surface area (Å²) in [5.74, 6) is -1.55. The molecule has 0 aliphatic rings. The lowest BCUT2D eigenvalue weighted by molar-refractivity contribution is 0.363. The molecule has 0 saturated heterocycles. The van der Waals surface area contributed by atoms with Crippen LogP contribution < -0.4 is 10.2 Å². The van der Waals surface area contributed by atoms with Crippen LogP contribution in [0.15, 0.2) is 39.5 Å². The molecule has 118 valence electrons. The van der Waals surface area contributed by atoms with Gasteiger partial charge in [0.25, 0.3) is 0 Å². The monoisotopic (exact) mass is 314 g/mol. The van der Waals surface area contributed by atoms with E-state index in [0.717, 1.165) is 0 Å². The van der Waals surface area contributed by atoms with Crippen molar-refractivity contribution >= 4 is 11.0 Å². The Labute approximate surface area is 130 Å². The first-order valence-corrected chi connectivity index (χ1v) is 6.81. The molecule has 0 bridgehead atoms. The van der Waals surface area contributed by atoms with E-state index in [2.05, 4.69) is 0 Å². The molecule has 0 saturated carbocycles. The van der Waals surface area contributed by atoms with E-state index < -0.39 is 16.9 Å². The van der Waals surface area contributed by atoms with Crippen molar-refractivity contribution in [3.05, 3.63) is 46.1 Å². The third kappa shape index (κ3) is 2.07. The first-order valence-electron chi connectivity index (χ1n) is 6.81. The molecule has 6 heteroatoms. The predicted octanol–water partition coefficient (Wildman–Crippen LogP) is 2.89. The van der Waals surface area contributed by atoms with E-state index in [4.69, 9.17) is 9.15 Å². The molecule has 0 spiro atoms. The van der Waals surface area contributed by atoms with Crippen LogP contribution >= 0.6 is 0 Å². The van der Waals surface area contributed by atoms with E-state index in [-0.39, 0.29) is 33.8 Å². The number of hydrogen-bond donors (Lipinski definition) is 3. The molecule has 3 rings (SSSR count). The zero-order valence-corrected chi connectivity index (χ0v) is 12.5. The van der Waals surface area contributed by atoms with E-state index in [9.17, 15) is 20.1 Å². The molecule has 23 heavy (non-hydrogen) atoms. The number of benzene rings is 2. The lowest BCUT2D eigenvalue weighted by Gasteiger charge is -2.13. The van der Waals surface area contributed by atoms with E-state index in [1.807, 2.05) is 0 Å². The highest BCUT2D eigenvalue weighted by Crippen LogP contribution is 2.45. The number of aromatic hydroxyl groups is 3. The molecular formula is C17H14O6. The molecule has 6 nitrogen and oxygen atoms in total. The normalized spacial score (nSPS) is 10.9. The van der Waals surface area contributed by atoms with E-state index in [0.29, 0.717) is 5.56 Å². The van der Waals surface area contributed by atoms with E-state index >= 15 is 0 Å². The van der Waals surface area contributed by atoms with Crippen molar-refractivity contribution in [2.24, 2.45) is 0 Å². The Bertz CT molecular complexity index is 957. The fraction of sp³-hybridized carbons (Fsp3) is 0.118. The zero-order chi connectivity index (χ0) is 16.7. The molecule has 0 amide bonds. The summed E-state index contributed by atoms with van der Waals surface area (Å²) in [7, 11) is 1.31. The molecule has 3 aromatic rings. The second-order valence-corrected chi connectivity index (χ2v) is 5.03. The first-order chi connectivity index (χ1) is 11.0. The van der Waals surface area contributed by atoms with E-state index in [1.54, 1.807) is 30.3 Å². The van der Waals surface area contributed by atoms with Crippen LogP contribution in [0, 0.1) is 6.92 Å². The highest BCUT2D eigenvalue weighted by atomic mass is 16.5. The molecule has 2 aromatic carbocycles. The third-order valence-corrected chi connectivity index (χ3v) is 3.70. The SMILES string of the molecule is COc1c(O)c(C)c(O)c2c(=O)c(O)c(-c3ccccc3)oc12. The number of rotatable bonds is 2. The maximum absolute atomic E-state index is 12.5. The average molecular weight is 314 g/mol. The smallest absolute Gasteiger partial charge is 0.238 e. The Morgan fingerprint density at radius 1 is 1.00 bits per heavy atom. The lowest BCUT2D eigenvalue weighted by atomic mass is 10.1. The minimum Gasteiger partial charge on any atom is -0.507 e. The first kappa shape index (κ1) is 14.8. The second kappa shape index (κ2) is 5.24. The second-order valence-electron chi connectivity index (χ2n) is 5.03. The number of methoxy groups -OCH3 is 1. The average Bonchev–Trinajstić information content (AvgIpc) is 2.57. The van der Waals surface area contributed by atoms with Gasteiger partial charge in [-0.05, 0) is 6.92 Å². The number of fused-ring (bicyclic) bond motifs is 1. The van der Waals surface area contributed by atoms with Crippen LogP contribution in [0.4, 0.5) is 0 Å². The summed E-state index contributed by atoms with van der Waals surface area (Å²) < 4.78 is 10.7. The Kier molecular flexibility index (Phi) is 3.37. The highest BCUT2D eigenvalue weighted by molar-refractivity contribution is 5.94. The van der Waals surface area contributed by atoms with Crippen LogP contribution in [0.2, 0.25) is 0 Å². The van der Waals surface area contributed by atoms with Gasteiger partial charge in [-0.1, -0.05) is 30.3 Å². The van der Waals surface area contributed by atoms with E-state index in [1.165, 1.54) is 14.0 Å². The van der Waals surface area contributed by atoms with Crippen molar-refractivity contribution in [3.8, 4) is 34.3 Å². The van der Waals surface area contributed by atoms with Crippen molar-refractivity contribution in [1.29, 1.82) is 0 Å². The van der Waals surface area contributed by atoms with Gasteiger partial charge >= 0.3 is 0 Å². The van der Waals surface area contributed by atoms with Gasteiger partial charge in [-0.3, -0.25) is 4.79 Å². The lowest BCUT2D eigenvalue weighted by Crippen LogP contribution is -2.05. The summed E-state index contributed by atoms with van der Waals surface area (Å²) in [6.45, 7) is 1.42. The standard InChI is InChI=1S/C17H14O6/c1-8-11(18)10-13(20)14(21)15(9-6-4-3-5-7-9)23-16(10)17(22-2)12(8)19/h3-7,18-19,21H,1-2H3. The summed E-state index contributed by atoms with van der Waals surface area (Å²) >= 11 is 0. The Morgan fingerprint density at radius 3 is 2.26 bits per heavy atom. The fourth-order valence-electron chi connectivity index (χ4n) is 2.45. The Balaban J connectivity index is 2.52. The largest absolute Gasteiger partial charge is 0.507 e. The Morgan fingerprint density at radius 2 is 1.65 bits per heavy atom. The van der Waals surface area contributed by atoms with Crippen molar-refractivity contribution in [2.75, 3.05) is 7.11 Å². The van der Waals surface area contributed by atoms with Gasteiger partial charge in [-0.25, -0.2) is 0 Å². The van der Waals surface area contributed by atoms with Crippen LogP contribution in [-0.4, -0.2) is 22.4 Å². The summed E-state index contributed by atoms with van der Waals surface area (Å²) in [4.78, 5) is 12.5. The summed E-state index contributed by atoms with van der Waals surface area (Å²) in [6, 6.07) is 8.54. The molecule has 0 fully saturated rings. The molecular weight excluding hydrogens is 300 g/mol. The highest BCUT2D eigenvalue weighted by Gasteiger charge is 2.25. The van der Waals surface area contributed by atoms with Crippen LogP contribution in [0.3, 0.4) is 0 Å². The van der Waals surface area contributed by atoms with Crippen LogP contribution in [0.1, 0.15) is 5.56 Å². The molecule has 0 unspecified atom stereocenters. The predicted molar refractivity (Wildman–Crippen MR) is 84.2 cm³/mol. The minimum absolute atomic E-state index is 0.0634. The van der Waals surface area contributed by atoms with Crippen LogP contribution in [0.25, 0.3) is 22.3 Å². The van der Waals surface area contributed by atoms with Crippen molar-refractivity contribution < 1.29 is 24.5 Å². The number of phenolic OH excluding ortho intramolecular Hbond substituents is 2. The van der Waals surface area contributed by atoms with Crippen molar-refractivity contribution in [1.82, 2.24) is 0 Å². The van der Waals surface area contributed by atoms with Gasteiger partial charge in [-0.15, -0.1) is 0 Å².